The molecule has 15 nitrogen and oxygen atoms in total. The summed E-state index contributed by atoms with van der Waals surface area (Å²) in [5.41, 5.74) is 10.6. The number of carbonyl (C=O) groups excluding carboxylic acids is 4. The number of rotatable bonds is 9. The topological polar surface area (TPSA) is 191 Å². The van der Waals surface area contributed by atoms with Crippen molar-refractivity contribution < 1.29 is 57.1 Å². The summed E-state index contributed by atoms with van der Waals surface area (Å²) in [4.78, 5) is 50.2. The first-order valence-electron chi connectivity index (χ1n) is 14.7. The van der Waals surface area contributed by atoms with Crippen LogP contribution in [0.5, 0.6) is 40.2 Å². The van der Waals surface area contributed by atoms with Gasteiger partial charge in [0, 0.05) is 67.9 Å². The molecule has 48 heavy (non-hydrogen) atoms. The summed E-state index contributed by atoms with van der Waals surface area (Å²) in [6, 6.07) is 12.8. The van der Waals surface area contributed by atoms with Gasteiger partial charge in [-0.05, 0) is 29.8 Å². The minimum absolute atomic E-state index is 0.0667. The minimum atomic E-state index is -0.879. The number of azide groups is 1. The van der Waals surface area contributed by atoms with Crippen LogP contribution in [0.1, 0.15) is 56.6 Å². The molecular weight excluding hydrogens is 630 g/mol. The summed E-state index contributed by atoms with van der Waals surface area (Å²) in [6.45, 7) is 4.93. The van der Waals surface area contributed by atoms with Gasteiger partial charge in [-0.15, -0.1) is 0 Å². The second-order valence-corrected chi connectivity index (χ2v) is 10.8. The van der Waals surface area contributed by atoms with Crippen LogP contribution in [0.25, 0.3) is 10.4 Å². The van der Waals surface area contributed by atoms with Crippen LogP contribution in [-0.2, 0) is 30.3 Å². The summed E-state index contributed by atoms with van der Waals surface area (Å²) in [5.74, 6) is -0.707. The van der Waals surface area contributed by atoms with Crippen LogP contribution >= 0.6 is 0 Å². The van der Waals surface area contributed by atoms with Crippen LogP contribution < -0.4 is 33.2 Å². The van der Waals surface area contributed by atoms with E-state index >= 15 is 0 Å². The van der Waals surface area contributed by atoms with Gasteiger partial charge in [0.25, 0.3) is 0 Å². The Morgan fingerprint density at radius 3 is 2.08 bits per heavy atom. The van der Waals surface area contributed by atoms with Crippen LogP contribution in [0.15, 0.2) is 53.6 Å². The van der Waals surface area contributed by atoms with E-state index in [1.54, 1.807) is 36.4 Å². The zero-order valence-corrected chi connectivity index (χ0v) is 26.6. The first kappa shape index (κ1) is 33.4. The number of hydrogen-bond donors (Lipinski definition) is 0. The zero-order valence-electron chi connectivity index (χ0n) is 26.6. The van der Waals surface area contributed by atoms with Gasteiger partial charge in [-0.1, -0.05) is 17.2 Å². The van der Waals surface area contributed by atoms with E-state index in [0.29, 0.717) is 28.2 Å². The van der Waals surface area contributed by atoms with E-state index in [2.05, 4.69) is 10.0 Å². The summed E-state index contributed by atoms with van der Waals surface area (Å²) in [7, 11) is 1.43. The highest BCUT2D eigenvalue weighted by Gasteiger charge is 2.39. The van der Waals surface area contributed by atoms with Gasteiger partial charge >= 0.3 is 23.9 Å². The molecule has 0 radical (unpaired) electrons. The van der Waals surface area contributed by atoms with Crippen molar-refractivity contribution in [3.63, 3.8) is 0 Å². The molecule has 5 rings (SSSR count). The summed E-state index contributed by atoms with van der Waals surface area (Å²) in [6.07, 6.45) is -3.18. The molecule has 2 aliphatic heterocycles. The highest BCUT2D eigenvalue weighted by molar-refractivity contribution is 5.73. The zero-order chi connectivity index (χ0) is 34.5. The first-order chi connectivity index (χ1) is 22.9. The van der Waals surface area contributed by atoms with Gasteiger partial charge in [-0.25, -0.2) is 0 Å². The van der Waals surface area contributed by atoms with E-state index in [1.807, 2.05) is 0 Å². The third-order valence-corrected chi connectivity index (χ3v) is 7.23. The third kappa shape index (κ3) is 7.53. The number of esters is 4. The number of ether oxygens (including phenoxy) is 8. The molecular formula is C33H31N3O12. The molecule has 0 aromatic heterocycles. The third-order valence-electron chi connectivity index (χ3n) is 7.23. The molecule has 4 atom stereocenters. The second kappa shape index (κ2) is 14.2. The lowest BCUT2D eigenvalue weighted by Crippen LogP contribution is -2.36. The largest absolute Gasteiger partial charge is 0.493 e. The van der Waals surface area contributed by atoms with Crippen molar-refractivity contribution in [1.82, 2.24) is 0 Å². The number of carbonyl (C=O) groups is 4. The van der Waals surface area contributed by atoms with Gasteiger partial charge in [0.2, 0.25) is 0 Å². The number of hydrogen-bond acceptors (Lipinski definition) is 13. The van der Waals surface area contributed by atoms with Gasteiger partial charge in [0.15, 0.2) is 35.2 Å². The monoisotopic (exact) mass is 661 g/mol. The highest BCUT2D eigenvalue weighted by Crippen LogP contribution is 2.47. The number of benzene rings is 3. The predicted octanol–water partition coefficient (Wildman–Crippen LogP) is 5.27. The van der Waals surface area contributed by atoms with Crippen molar-refractivity contribution in [3.8, 4) is 40.2 Å². The Kier molecular flexibility index (Phi) is 9.90. The Labute approximate surface area is 274 Å². The molecule has 3 aromatic carbocycles. The molecule has 2 aliphatic rings. The lowest BCUT2D eigenvalue weighted by atomic mass is 9.93. The molecule has 0 aliphatic carbocycles. The van der Waals surface area contributed by atoms with Crippen molar-refractivity contribution in [2.45, 2.75) is 58.5 Å². The molecule has 0 bridgehead atoms. The molecule has 0 saturated heterocycles. The lowest BCUT2D eigenvalue weighted by molar-refractivity contribution is -0.152. The van der Waals surface area contributed by atoms with Crippen molar-refractivity contribution in [2.24, 2.45) is 5.11 Å². The molecule has 15 heteroatoms. The maximum Gasteiger partial charge on any atom is 0.308 e. The van der Waals surface area contributed by atoms with Crippen LogP contribution in [0.3, 0.4) is 0 Å². The van der Waals surface area contributed by atoms with E-state index in [-0.39, 0.29) is 41.7 Å². The van der Waals surface area contributed by atoms with Crippen LogP contribution in [-0.4, -0.2) is 49.7 Å². The SMILES string of the molecule is COc1cc([C@H]2Oc3cc([C@H]4Oc5cc(OC(C)=O)cc(OC(C)=O)c5C[C@@H]4OC(C)=O)ccc3O[C@@H]2CN=[N+]=[N-])ccc1OC(C)=O. The summed E-state index contributed by atoms with van der Waals surface area (Å²) in [5, 5.41) is 3.69. The van der Waals surface area contributed by atoms with E-state index in [0.717, 1.165) is 0 Å². The molecule has 0 unspecified atom stereocenters. The number of fused-ring (bicyclic) bond motifs is 2. The second-order valence-electron chi connectivity index (χ2n) is 10.8. The Balaban J connectivity index is 1.53. The maximum atomic E-state index is 12.2. The average Bonchev–Trinajstić information content (AvgIpc) is 3.02. The molecule has 2 heterocycles. The van der Waals surface area contributed by atoms with Gasteiger partial charge in [-0.2, -0.15) is 0 Å². The Hall–Kier alpha value is -5.95. The summed E-state index contributed by atoms with van der Waals surface area (Å²) >= 11 is 0. The van der Waals surface area contributed by atoms with Gasteiger partial charge in [0.05, 0.1) is 13.7 Å². The number of methoxy groups -OCH3 is 1. The smallest absolute Gasteiger partial charge is 0.308 e. The van der Waals surface area contributed by atoms with Gasteiger partial charge in [-0.3, -0.25) is 19.2 Å². The quantitative estimate of drug-likeness (QED) is 0.0950. The fourth-order valence-corrected chi connectivity index (χ4v) is 5.45. The molecule has 250 valence electrons. The molecule has 0 spiro atoms. The highest BCUT2D eigenvalue weighted by atomic mass is 16.6. The molecule has 0 fully saturated rings. The minimum Gasteiger partial charge on any atom is -0.493 e. The molecule has 0 N–H and O–H groups in total. The van der Waals surface area contributed by atoms with Crippen LogP contribution in [0.2, 0.25) is 0 Å². The fourth-order valence-electron chi connectivity index (χ4n) is 5.45. The molecule has 0 amide bonds. The summed E-state index contributed by atoms with van der Waals surface area (Å²) < 4.78 is 46.0. The lowest BCUT2D eigenvalue weighted by Gasteiger charge is -2.36. The average molecular weight is 662 g/mol. The van der Waals surface area contributed by atoms with Crippen LogP contribution in [0.4, 0.5) is 0 Å². The van der Waals surface area contributed by atoms with E-state index in [9.17, 15) is 19.2 Å². The Morgan fingerprint density at radius 1 is 0.750 bits per heavy atom. The van der Waals surface area contributed by atoms with Crippen LogP contribution in [0, 0.1) is 0 Å². The standard InChI is InChI=1S/C33H31N3O12/c1-16(37)42-22-12-26(44-18(3)39)23-14-30(45-19(4)40)32(47-27(23)13-22)21-7-9-25-29(11-21)48-33(31(46-25)15-35-36-34)20-6-8-24(43-17(2)38)28(10-20)41-5/h6-13,30-33H,14-15H2,1-5H3/t30-,31+,32+,33+/m0/s1. The predicted molar refractivity (Wildman–Crippen MR) is 164 cm³/mol. The normalized spacial score (nSPS) is 18.9. The van der Waals surface area contributed by atoms with Gasteiger partial charge in [0.1, 0.15) is 29.5 Å². The van der Waals surface area contributed by atoms with Gasteiger partial charge < -0.3 is 37.9 Å². The van der Waals surface area contributed by atoms with E-state index in [4.69, 9.17) is 43.4 Å². The van der Waals surface area contributed by atoms with E-state index < -0.39 is 48.3 Å². The first-order valence-corrected chi connectivity index (χ1v) is 14.7. The maximum absolute atomic E-state index is 12.2. The van der Waals surface area contributed by atoms with Crippen molar-refractivity contribution in [1.29, 1.82) is 0 Å². The van der Waals surface area contributed by atoms with Crippen molar-refractivity contribution >= 4 is 23.9 Å². The Bertz CT molecular complexity index is 1820. The van der Waals surface area contributed by atoms with E-state index in [1.165, 1.54) is 46.9 Å². The molecule has 3 aromatic rings. The Morgan fingerprint density at radius 2 is 1.42 bits per heavy atom. The molecule has 0 saturated carbocycles. The van der Waals surface area contributed by atoms with Crippen molar-refractivity contribution in [3.05, 3.63) is 75.7 Å². The fraction of sp³-hybridized carbons (Fsp3) is 0.333. The van der Waals surface area contributed by atoms with Crippen molar-refractivity contribution in [2.75, 3.05) is 13.7 Å². The number of nitrogens with zero attached hydrogens (tertiary/aromatic N) is 3.